The molecule has 0 bridgehead atoms. The maximum atomic E-state index is 13.6. The minimum atomic E-state index is -1.35. The summed E-state index contributed by atoms with van der Waals surface area (Å²) in [5, 5.41) is 16.6. The van der Waals surface area contributed by atoms with E-state index in [0.717, 1.165) is 5.56 Å². The van der Waals surface area contributed by atoms with Gasteiger partial charge in [-0.25, -0.2) is 9.29 Å². The number of anilines is 1. The van der Waals surface area contributed by atoms with E-state index in [0.29, 0.717) is 43.0 Å². The number of fused-ring (bicyclic) bond motifs is 1. The van der Waals surface area contributed by atoms with Crippen molar-refractivity contribution in [3.63, 3.8) is 0 Å². The van der Waals surface area contributed by atoms with Crippen LogP contribution in [0.1, 0.15) is 5.56 Å². The Kier molecular flexibility index (Phi) is 3.48. The molecule has 1 unspecified atom stereocenters. The van der Waals surface area contributed by atoms with Crippen molar-refractivity contribution in [2.24, 2.45) is 0 Å². The first kappa shape index (κ1) is 13.3. The number of nitrogens with zero attached hydrogens (tertiary/aromatic N) is 1. The Hall–Kier alpha value is -0.730. The van der Waals surface area contributed by atoms with Crippen molar-refractivity contribution in [3.05, 3.63) is 28.0 Å². The van der Waals surface area contributed by atoms with Gasteiger partial charge in [0.15, 0.2) is 0 Å². The van der Waals surface area contributed by atoms with E-state index in [-0.39, 0.29) is 5.82 Å². The standard InChI is InChI=1S/C12H15BrFN3O2/c13-9-5-8-7-15-12(18,16-11(8)6-10(9)14)17-1-3-19-4-2-17/h5-6,15-16,18H,1-4,7H2. The third kappa shape index (κ3) is 2.48. The number of hydrogen-bond acceptors (Lipinski definition) is 5. The minimum absolute atomic E-state index is 0.350. The van der Waals surface area contributed by atoms with Crippen molar-refractivity contribution in [2.45, 2.75) is 12.5 Å². The molecule has 2 aliphatic rings. The Balaban J connectivity index is 1.86. The molecule has 0 saturated carbocycles. The first-order valence-corrected chi connectivity index (χ1v) is 6.94. The number of morpholine rings is 1. The van der Waals surface area contributed by atoms with Gasteiger partial charge in [0.2, 0.25) is 0 Å². The number of ether oxygens (including phenoxy) is 1. The number of nitrogens with one attached hydrogen (secondary N) is 2. The maximum absolute atomic E-state index is 13.6. The summed E-state index contributed by atoms with van der Waals surface area (Å²) in [5.41, 5.74) is 1.51. The molecule has 1 saturated heterocycles. The van der Waals surface area contributed by atoms with Crippen LogP contribution in [0.5, 0.6) is 0 Å². The molecule has 2 aliphatic heterocycles. The predicted octanol–water partition coefficient (Wildman–Crippen LogP) is 1.04. The molecule has 1 aromatic rings. The highest BCUT2D eigenvalue weighted by Crippen LogP contribution is 2.30. The highest BCUT2D eigenvalue weighted by Gasteiger charge is 2.38. The predicted molar refractivity (Wildman–Crippen MR) is 71.9 cm³/mol. The van der Waals surface area contributed by atoms with E-state index in [9.17, 15) is 9.50 Å². The molecule has 1 atom stereocenters. The molecule has 104 valence electrons. The summed E-state index contributed by atoms with van der Waals surface area (Å²) in [6.07, 6.45) is 0. The van der Waals surface area contributed by atoms with Crippen LogP contribution >= 0.6 is 15.9 Å². The lowest BCUT2D eigenvalue weighted by atomic mass is 10.1. The average Bonchev–Trinajstić information content (AvgIpc) is 2.42. The second-order valence-corrected chi connectivity index (χ2v) is 5.53. The fourth-order valence-corrected chi connectivity index (χ4v) is 2.77. The lowest BCUT2D eigenvalue weighted by Crippen LogP contribution is -2.67. The number of aliphatic hydroxyl groups is 1. The molecule has 0 aliphatic carbocycles. The summed E-state index contributed by atoms with van der Waals surface area (Å²) in [7, 11) is 0. The van der Waals surface area contributed by atoms with Gasteiger partial charge < -0.3 is 15.2 Å². The van der Waals surface area contributed by atoms with Gasteiger partial charge in [-0.1, -0.05) is 0 Å². The zero-order chi connectivity index (χ0) is 13.5. The van der Waals surface area contributed by atoms with Crippen LogP contribution in [0, 0.1) is 5.82 Å². The van der Waals surface area contributed by atoms with Crippen molar-refractivity contribution in [2.75, 3.05) is 31.6 Å². The van der Waals surface area contributed by atoms with Gasteiger partial charge in [0.25, 0.3) is 5.97 Å². The molecule has 0 radical (unpaired) electrons. The van der Waals surface area contributed by atoms with Crippen LogP contribution in [0.25, 0.3) is 0 Å². The highest BCUT2D eigenvalue weighted by molar-refractivity contribution is 9.10. The van der Waals surface area contributed by atoms with Crippen molar-refractivity contribution >= 4 is 21.6 Å². The lowest BCUT2D eigenvalue weighted by molar-refractivity contribution is -0.145. The summed E-state index contributed by atoms with van der Waals surface area (Å²) in [6, 6.07) is 3.11. The third-order valence-corrected chi connectivity index (χ3v) is 4.06. The third-order valence-electron chi connectivity index (χ3n) is 3.45. The van der Waals surface area contributed by atoms with E-state index in [1.54, 1.807) is 6.07 Å². The molecule has 0 aromatic heterocycles. The number of rotatable bonds is 1. The Labute approximate surface area is 118 Å². The van der Waals surface area contributed by atoms with Gasteiger partial charge in [-0.2, -0.15) is 0 Å². The molecule has 19 heavy (non-hydrogen) atoms. The van der Waals surface area contributed by atoms with Crippen molar-refractivity contribution < 1.29 is 14.2 Å². The minimum Gasteiger partial charge on any atom is -0.379 e. The highest BCUT2D eigenvalue weighted by atomic mass is 79.9. The first-order valence-electron chi connectivity index (χ1n) is 6.15. The van der Waals surface area contributed by atoms with E-state index in [4.69, 9.17) is 4.74 Å². The van der Waals surface area contributed by atoms with Crippen LogP contribution in [0.4, 0.5) is 10.1 Å². The second-order valence-electron chi connectivity index (χ2n) is 4.67. The monoisotopic (exact) mass is 331 g/mol. The first-order chi connectivity index (χ1) is 9.08. The zero-order valence-electron chi connectivity index (χ0n) is 10.2. The molecular formula is C12H15BrFN3O2. The summed E-state index contributed by atoms with van der Waals surface area (Å²) >= 11 is 3.16. The van der Waals surface area contributed by atoms with Crippen molar-refractivity contribution in [1.82, 2.24) is 10.2 Å². The number of halogens is 2. The molecule has 1 fully saturated rings. The Bertz CT molecular complexity index is 496. The van der Waals surface area contributed by atoms with Crippen LogP contribution in [0.2, 0.25) is 0 Å². The molecule has 1 aromatic carbocycles. The van der Waals surface area contributed by atoms with Gasteiger partial charge in [0, 0.05) is 25.3 Å². The molecule has 3 rings (SSSR count). The van der Waals surface area contributed by atoms with E-state index >= 15 is 0 Å². The van der Waals surface area contributed by atoms with Gasteiger partial charge in [-0.05, 0) is 33.6 Å². The van der Waals surface area contributed by atoms with E-state index in [1.807, 2.05) is 4.90 Å². The van der Waals surface area contributed by atoms with Crippen molar-refractivity contribution in [3.8, 4) is 0 Å². The maximum Gasteiger partial charge on any atom is 0.258 e. The Morgan fingerprint density at radius 1 is 1.37 bits per heavy atom. The normalized spacial score (nSPS) is 27.7. The molecule has 5 nitrogen and oxygen atoms in total. The zero-order valence-corrected chi connectivity index (χ0v) is 11.8. The van der Waals surface area contributed by atoms with Gasteiger partial charge in [0.1, 0.15) is 5.82 Å². The van der Waals surface area contributed by atoms with Gasteiger partial charge in [-0.15, -0.1) is 0 Å². The average molecular weight is 332 g/mol. The van der Waals surface area contributed by atoms with E-state index in [2.05, 4.69) is 26.6 Å². The molecular weight excluding hydrogens is 317 g/mol. The topological polar surface area (TPSA) is 56.8 Å². The molecule has 0 amide bonds. The van der Waals surface area contributed by atoms with E-state index < -0.39 is 5.97 Å². The second kappa shape index (κ2) is 4.99. The smallest absolute Gasteiger partial charge is 0.258 e. The summed E-state index contributed by atoms with van der Waals surface area (Å²) in [4.78, 5) is 1.85. The Morgan fingerprint density at radius 2 is 2.11 bits per heavy atom. The fraction of sp³-hybridized carbons (Fsp3) is 0.500. The quantitative estimate of drug-likeness (QED) is 0.718. The van der Waals surface area contributed by atoms with Gasteiger partial charge >= 0.3 is 0 Å². The van der Waals surface area contributed by atoms with Crippen LogP contribution in [-0.4, -0.2) is 42.3 Å². The summed E-state index contributed by atoms with van der Waals surface area (Å²) in [6.45, 7) is 2.85. The molecule has 2 heterocycles. The van der Waals surface area contributed by atoms with Crippen LogP contribution in [-0.2, 0) is 11.3 Å². The van der Waals surface area contributed by atoms with Crippen LogP contribution in [0.3, 0.4) is 0 Å². The molecule has 7 heteroatoms. The number of benzene rings is 1. The Morgan fingerprint density at radius 3 is 2.84 bits per heavy atom. The number of hydrogen-bond donors (Lipinski definition) is 3. The molecule has 3 N–H and O–H groups in total. The van der Waals surface area contributed by atoms with Crippen LogP contribution in [0.15, 0.2) is 16.6 Å². The lowest BCUT2D eigenvalue weighted by Gasteiger charge is -2.45. The molecule has 0 spiro atoms. The SMILES string of the molecule is OC1(N2CCOCC2)NCc2cc(Br)c(F)cc2N1. The summed E-state index contributed by atoms with van der Waals surface area (Å²) < 4.78 is 19.3. The largest absolute Gasteiger partial charge is 0.379 e. The van der Waals surface area contributed by atoms with Crippen LogP contribution < -0.4 is 10.6 Å². The van der Waals surface area contributed by atoms with Gasteiger partial charge in [-0.3, -0.25) is 5.32 Å². The summed E-state index contributed by atoms with van der Waals surface area (Å²) in [5.74, 6) is -1.70. The van der Waals surface area contributed by atoms with E-state index in [1.165, 1.54) is 6.07 Å². The van der Waals surface area contributed by atoms with Gasteiger partial charge in [0.05, 0.1) is 17.7 Å². The fourth-order valence-electron chi connectivity index (χ4n) is 2.38. The van der Waals surface area contributed by atoms with Crippen molar-refractivity contribution in [1.29, 1.82) is 0 Å².